The van der Waals surface area contributed by atoms with Crippen molar-refractivity contribution in [3.8, 4) is 28.4 Å². The summed E-state index contributed by atoms with van der Waals surface area (Å²) in [7, 11) is 5.80. The van der Waals surface area contributed by atoms with Crippen LogP contribution in [0, 0.1) is 0 Å². The molecule has 8 heteroatoms. The van der Waals surface area contributed by atoms with Gasteiger partial charge >= 0.3 is 5.97 Å². The predicted molar refractivity (Wildman–Crippen MR) is 114 cm³/mol. The van der Waals surface area contributed by atoms with Crippen LogP contribution in [0.2, 0.25) is 0 Å². The third-order valence-electron chi connectivity index (χ3n) is 5.32. The molecule has 2 aromatic rings. The number of rotatable bonds is 5. The van der Waals surface area contributed by atoms with E-state index in [9.17, 15) is 14.4 Å². The lowest BCUT2D eigenvalue weighted by atomic mass is 9.95. The topological polar surface area (TPSA) is 100 Å². The molecular weight excluding hydrogens is 402 g/mol. The molecule has 0 aliphatic heterocycles. The van der Waals surface area contributed by atoms with Gasteiger partial charge in [0.25, 0.3) is 0 Å². The van der Waals surface area contributed by atoms with Crippen molar-refractivity contribution in [2.75, 3.05) is 28.4 Å². The number of fused-ring (bicyclic) bond motifs is 3. The number of hydrogen-bond acceptors (Lipinski definition) is 7. The average Bonchev–Trinajstić information content (AvgIpc) is 3.01. The van der Waals surface area contributed by atoms with E-state index >= 15 is 0 Å². The Hall–Kier alpha value is -3.55. The first-order valence-electron chi connectivity index (χ1n) is 9.72. The van der Waals surface area contributed by atoms with Crippen LogP contribution in [0.3, 0.4) is 0 Å². The van der Waals surface area contributed by atoms with Gasteiger partial charge in [-0.2, -0.15) is 0 Å². The Morgan fingerprint density at radius 3 is 2.29 bits per heavy atom. The first kappa shape index (κ1) is 22.1. The largest absolute Gasteiger partial charge is 0.493 e. The van der Waals surface area contributed by atoms with Gasteiger partial charge in [-0.1, -0.05) is 0 Å². The number of benzene rings is 1. The molecule has 1 aliphatic rings. The summed E-state index contributed by atoms with van der Waals surface area (Å²) in [4.78, 5) is 36.8. The van der Waals surface area contributed by atoms with Crippen molar-refractivity contribution < 1.29 is 28.5 Å². The van der Waals surface area contributed by atoms with Crippen molar-refractivity contribution in [3.63, 3.8) is 0 Å². The average molecular weight is 427 g/mol. The minimum Gasteiger partial charge on any atom is -0.493 e. The summed E-state index contributed by atoms with van der Waals surface area (Å²) in [5, 5.41) is 2.93. The Bertz CT molecular complexity index is 1090. The van der Waals surface area contributed by atoms with Crippen LogP contribution in [0.1, 0.15) is 40.9 Å². The first-order chi connectivity index (χ1) is 14.9. The molecule has 1 atom stereocenters. The first-order valence-corrected chi connectivity index (χ1v) is 9.72. The number of amides is 1. The monoisotopic (exact) mass is 427 g/mol. The fraction of sp³-hybridized carbons (Fsp3) is 0.348. The number of carbonyl (C=O) groups excluding carboxylic acids is 2. The number of hydrogen-bond donors (Lipinski definition) is 1. The van der Waals surface area contributed by atoms with E-state index in [1.165, 1.54) is 40.4 Å². The molecule has 0 unspecified atom stereocenters. The van der Waals surface area contributed by atoms with Crippen molar-refractivity contribution in [3.05, 3.63) is 51.2 Å². The highest BCUT2D eigenvalue weighted by molar-refractivity contribution is 5.91. The van der Waals surface area contributed by atoms with Gasteiger partial charge in [0.1, 0.15) is 5.56 Å². The van der Waals surface area contributed by atoms with Crippen molar-refractivity contribution in [1.82, 2.24) is 5.32 Å². The maximum absolute atomic E-state index is 12.6. The fourth-order valence-electron chi connectivity index (χ4n) is 3.98. The SMILES string of the molecule is COC(=O)c1cc2c(ccc1=O)-c1c(cc(OC)c(OC)c1OC)CC[C@@H]2NC(C)=O. The van der Waals surface area contributed by atoms with Crippen LogP contribution in [0.5, 0.6) is 17.2 Å². The molecule has 31 heavy (non-hydrogen) atoms. The molecule has 0 spiro atoms. The van der Waals surface area contributed by atoms with Crippen LogP contribution in [0.25, 0.3) is 11.1 Å². The van der Waals surface area contributed by atoms with Gasteiger partial charge in [0, 0.05) is 12.5 Å². The summed E-state index contributed by atoms with van der Waals surface area (Å²) in [6.07, 6.45) is 1.13. The second kappa shape index (κ2) is 9.07. The van der Waals surface area contributed by atoms with Crippen LogP contribution >= 0.6 is 0 Å². The molecule has 0 heterocycles. The van der Waals surface area contributed by atoms with Crippen molar-refractivity contribution in [1.29, 1.82) is 0 Å². The Morgan fingerprint density at radius 1 is 1.00 bits per heavy atom. The molecule has 2 aromatic carbocycles. The Morgan fingerprint density at radius 2 is 1.71 bits per heavy atom. The molecule has 1 amide bonds. The number of methoxy groups -OCH3 is 4. The quantitative estimate of drug-likeness (QED) is 0.732. The van der Waals surface area contributed by atoms with Gasteiger partial charge in [-0.15, -0.1) is 0 Å². The molecule has 0 saturated carbocycles. The summed E-state index contributed by atoms with van der Waals surface area (Å²) in [6.45, 7) is 1.42. The van der Waals surface area contributed by atoms with Gasteiger partial charge in [0.2, 0.25) is 11.7 Å². The molecule has 3 rings (SSSR count). The zero-order valence-electron chi connectivity index (χ0n) is 18.2. The molecule has 1 N–H and O–H groups in total. The van der Waals surface area contributed by atoms with E-state index in [4.69, 9.17) is 18.9 Å². The third-order valence-corrected chi connectivity index (χ3v) is 5.32. The van der Waals surface area contributed by atoms with Gasteiger partial charge in [0.15, 0.2) is 16.9 Å². The van der Waals surface area contributed by atoms with E-state index in [-0.39, 0.29) is 11.5 Å². The van der Waals surface area contributed by atoms with Crippen molar-refractivity contribution >= 4 is 11.9 Å². The van der Waals surface area contributed by atoms with Gasteiger partial charge in [0.05, 0.1) is 34.5 Å². The Labute approximate surface area is 180 Å². The highest BCUT2D eigenvalue weighted by atomic mass is 16.5. The molecule has 0 aromatic heterocycles. The Kier molecular flexibility index (Phi) is 6.48. The van der Waals surface area contributed by atoms with Crippen LogP contribution in [-0.4, -0.2) is 40.3 Å². The summed E-state index contributed by atoms with van der Waals surface area (Å²) < 4.78 is 21.5. The van der Waals surface area contributed by atoms with E-state index < -0.39 is 17.4 Å². The summed E-state index contributed by atoms with van der Waals surface area (Å²) in [6, 6.07) is 5.88. The number of esters is 1. The van der Waals surface area contributed by atoms with E-state index in [0.29, 0.717) is 41.2 Å². The van der Waals surface area contributed by atoms with Gasteiger partial charge in [-0.05, 0) is 53.8 Å². The molecule has 1 aliphatic carbocycles. The zero-order chi connectivity index (χ0) is 22.7. The molecule has 0 bridgehead atoms. The van der Waals surface area contributed by atoms with Crippen LogP contribution in [-0.2, 0) is 16.0 Å². The highest BCUT2D eigenvalue weighted by Gasteiger charge is 2.30. The van der Waals surface area contributed by atoms with E-state index in [2.05, 4.69) is 5.32 Å². The summed E-state index contributed by atoms with van der Waals surface area (Å²) in [5.41, 5.74) is 2.29. The van der Waals surface area contributed by atoms with E-state index in [1.807, 2.05) is 6.07 Å². The van der Waals surface area contributed by atoms with Crippen LogP contribution in [0.15, 0.2) is 29.1 Å². The maximum atomic E-state index is 12.6. The molecule has 0 saturated heterocycles. The summed E-state index contributed by atoms with van der Waals surface area (Å²) in [5.74, 6) is 0.401. The van der Waals surface area contributed by atoms with E-state index in [1.54, 1.807) is 13.2 Å². The molecular formula is C23H25NO7. The van der Waals surface area contributed by atoms with Crippen LogP contribution in [0.4, 0.5) is 0 Å². The lowest BCUT2D eigenvalue weighted by Crippen LogP contribution is -2.26. The minimum absolute atomic E-state index is 0.109. The van der Waals surface area contributed by atoms with Crippen LogP contribution < -0.4 is 25.0 Å². The van der Waals surface area contributed by atoms with Gasteiger partial charge < -0.3 is 24.3 Å². The number of nitrogens with one attached hydrogen (secondary N) is 1. The molecule has 0 fully saturated rings. The number of carbonyl (C=O) groups is 2. The smallest absolute Gasteiger partial charge is 0.341 e. The van der Waals surface area contributed by atoms with Crippen molar-refractivity contribution in [2.45, 2.75) is 25.8 Å². The Balaban J connectivity index is 2.44. The maximum Gasteiger partial charge on any atom is 0.341 e. The number of aryl methyl sites for hydroxylation is 1. The number of ether oxygens (including phenoxy) is 4. The standard InChI is InChI=1S/C23H25NO7/c1-12(25)24-17-8-6-13-10-19(28-2)21(29-3)22(30-4)20(13)14-7-9-18(26)16(11-15(14)17)23(27)31-5/h7,9-11,17H,6,8H2,1-5H3,(H,24,25)/t17-/m0/s1. The zero-order valence-corrected chi connectivity index (χ0v) is 18.2. The molecule has 164 valence electrons. The van der Waals surface area contributed by atoms with E-state index in [0.717, 1.165) is 11.1 Å². The third kappa shape index (κ3) is 4.05. The van der Waals surface area contributed by atoms with Gasteiger partial charge in [-0.3, -0.25) is 9.59 Å². The second-order valence-corrected chi connectivity index (χ2v) is 7.09. The predicted octanol–water partition coefficient (Wildman–Crippen LogP) is 2.65. The lowest BCUT2D eigenvalue weighted by Gasteiger charge is -2.20. The molecule has 8 nitrogen and oxygen atoms in total. The second-order valence-electron chi connectivity index (χ2n) is 7.09. The van der Waals surface area contributed by atoms with Crippen molar-refractivity contribution in [2.24, 2.45) is 0 Å². The minimum atomic E-state index is -0.742. The van der Waals surface area contributed by atoms with Gasteiger partial charge in [-0.25, -0.2) is 4.79 Å². The molecule has 0 radical (unpaired) electrons. The fourth-order valence-corrected chi connectivity index (χ4v) is 3.98. The normalized spacial score (nSPS) is 14.4. The lowest BCUT2D eigenvalue weighted by molar-refractivity contribution is -0.119. The summed E-state index contributed by atoms with van der Waals surface area (Å²) >= 11 is 0. The highest BCUT2D eigenvalue weighted by Crippen LogP contribution is 2.50.